The van der Waals surface area contributed by atoms with E-state index in [2.05, 4.69) is 50.5 Å². The summed E-state index contributed by atoms with van der Waals surface area (Å²) in [7, 11) is 0. The van der Waals surface area contributed by atoms with Gasteiger partial charge in [-0.2, -0.15) is 0 Å². The summed E-state index contributed by atoms with van der Waals surface area (Å²) < 4.78 is 2.12. The third-order valence-corrected chi connectivity index (χ3v) is 4.30. The van der Waals surface area contributed by atoms with Crippen molar-refractivity contribution in [2.24, 2.45) is 0 Å². The van der Waals surface area contributed by atoms with Gasteiger partial charge in [-0.05, 0) is 48.4 Å². The highest BCUT2D eigenvalue weighted by atomic mass is 15.1. The van der Waals surface area contributed by atoms with Crippen LogP contribution in [0.5, 0.6) is 0 Å². The summed E-state index contributed by atoms with van der Waals surface area (Å²) in [5.74, 6) is 1.01. The molecule has 4 heteroatoms. The zero-order chi connectivity index (χ0) is 15.5. The van der Waals surface area contributed by atoms with E-state index >= 15 is 0 Å². The van der Waals surface area contributed by atoms with Gasteiger partial charge in [0.05, 0.1) is 6.54 Å². The minimum Gasteiger partial charge on any atom is -0.378 e. The first-order chi connectivity index (χ1) is 11.4. The van der Waals surface area contributed by atoms with Crippen molar-refractivity contribution >= 4 is 5.69 Å². The molecule has 0 aliphatic carbocycles. The van der Waals surface area contributed by atoms with Gasteiger partial charge in [-0.1, -0.05) is 24.3 Å². The molecule has 0 bridgehead atoms. The Morgan fingerprint density at radius 3 is 2.91 bits per heavy atom. The van der Waals surface area contributed by atoms with Crippen LogP contribution in [0.4, 0.5) is 5.69 Å². The number of para-hydroxylation sites is 1. The van der Waals surface area contributed by atoms with E-state index in [1.54, 1.807) is 0 Å². The van der Waals surface area contributed by atoms with Gasteiger partial charge in [0.2, 0.25) is 0 Å². The molecule has 1 aliphatic heterocycles. The maximum atomic E-state index is 4.49. The Morgan fingerprint density at radius 1 is 1.09 bits per heavy atom. The minimum absolute atomic E-state index is 0.707. The van der Waals surface area contributed by atoms with Crippen LogP contribution in [-0.4, -0.2) is 16.1 Å². The summed E-state index contributed by atoms with van der Waals surface area (Å²) >= 11 is 0. The van der Waals surface area contributed by atoms with E-state index in [9.17, 15) is 0 Å². The van der Waals surface area contributed by atoms with Crippen LogP contribution < -0.4 is 10.6 Å². The van der Waals surface area contributed by atoms with Crippen molar-refractivity contribution in [3.05, 3.63) is 77.9 Å². The topological polar surface area (TPSA) is 41.9 Å². The standard InChI is InChI=1S/C19H20N4/c1-2-4-18(5-3-1)23-11-10-21-19(23)14-22-17-7-6-16-13-20-9-8-15(16)12-17/h1-7,10-12,20,22H,8-9,13-14H2. The summed E-state index contributed by atoms with van der Waals surface area (Å²) in [5.41, 5.74) is 5.15. The van der Waals surface area contributed by atoms with Crippen LogP contribution in [-0.2, 0) is 19.5 Å². The SMILES string of the molecule is c1ccc(-n2ccnc2CNc2ccc3c(c2)CCNC3)cc1. The zero-order valence-electron chi connectivity index (χ0n) is 13.0. The van der Waals surface area contributed by atoms with Crippen molar-refractivity contribution in [1.82, 2.24) is 14.9 Å². The largest absolute Gasteiger partial charge is 0.378 e. The maximum absolute atomic E-state index is 4.49. The van der Waals surface area contributed by atoms with Gasteiger partial charge in [-0.25, -0.2) is 4.98 Å². The number of fused-ring (bicyclic) bond motifs is 1. The monoisotopic (exact) mass is 304 g/mol. The van der Waals surface area contributed by atoms with E-state index in [1.807, 2.05) is 30.6 Å². The predicted molar refractivity (Wildman–Crippen MR) is 92.7 cm³/mol. The molecule has 23 heavy (non-hydrogen) atoms. The van der Waals surface area contributed by atoms with Crippen LogP contribution in [0, 0.1) is 0 Å². The van der Waals surface area contributed by atoms with E-state index in [0.717, 1.165) is 36.7 Å². The van der Waals surface area contributed by atoms with Crippen LogP contribution in [0.15, 0.2) is 60.9 Å². The van der Waals surface area contributed by atoms with Crippen LogP contribution in [0.2, 0.25) is 0 Å². The van der Waals surface area contributed by atoms with Gasteiger partial charge in [-0.3, -0.25) is 0 Å². The first-order valence-electron chi connectivity index (χ1n) is 8.04. The van der Waals surface area contributed by atoms with Crippen molar-refractivity contribution in [2.45, 2.75) is 19.5 Å². The lowest BCUT2D eigenvalue weighted by Gasteiger charge is -2.18. The first-order valence-corrected chi connectivity index (χ1v) is 8.04. The van der Waals surface area contributed by atoms with Crippen LogP contribution in [0.1, 0.15) is 17.0 Å². The van der Waals surface area contributed by atoms with Gasteiger partial charge in [0.25, 0.3) is 0 Å². The van der Waals surface area contributed by atoms with Crippen molar-refractivity contribution in [3.63, 3.8) is 0 Å². The fourth-order valence-corrected chi connectivity index (χ4v) is 3.06. The zero-order valence-corrected chi connectivity index (χ0v) is 13.0. The smallest absolute Gasteiger partial charge is 0.132 e. The Kier molecular flexibility index (Phi) is 3.82. The number of rotatable bonds is 4. The number of nitrogens with zero attached hydrogens (tertiary/aromatic N) is 2. The van der Waals surface area contributed by atoms with Gasteiger partial charge in [0.15, 0.2) is 0 Å². The number of anilines is 1. The Hall–Kier alpha value is -2.59. The fraction of sp³-hybridized carbons (Fsp3) is 0.211. The number of hydrogen-bond acceptors (Lipinski definition) is 3. The molecule has 116 valence electrons. The van der Waals surface area contributed by atoms with Gasteiger partial charge in [-0.15, -0.1) is 0 Å². The molecule has 4 nitrogen and oxygen atoms in total. The molecule has 1 aromatic heterocycles. The molecule has 1 aliphatic rings. The van der Waals surface area contributed by atoms with E-state index < -0.39 is 0 Å². The van der Waals surface area contributed by atoms with E-state index in [0.29, 0.717) is 6.54 Å². The third-order valence-electron chi connectivity index (χ3n) is 4.30. The molecule has 0 saturated carbocycles. The molecule has 0 radical (unpaired) electrons. The minimum atomic E-state index is 0.707. The molecule has 0 spiro atoms. The molecule has 0 fully saturated rings. The second-order valence-corrected chi connectivity index (χ2v) is 5.81. The average Bonchev–Trinajstić information content (AvgIpc) is 3.09. The van der Waals surface area contributed by atoms with Gasteiger partial charge < -0.3 is 15.2 Å². The summed E-state index contributed by atoms with van der Waals surface area (Å²) in [6, 6.07) is 16.9. The second-order valence-electron chi connectivity index (χ2n) is 5.81. The van der Waals surface area contributed by atoms with Gasteiger partial charge in [0, 0.05) is 30.3 Å². The molecule has 0 atom stereocenters. The second kappa shape index (κ2) is 6.26. The maximum Gasteiger partial charge on any atom is 0.132 e. The van der Waals surface area contributed by atoms with Gasteiger partial charge >= 0.3 is 0 Å². The van der Waals surface area contributed by atoms with Crippen LogP contribution in [0.25, 0.3) is 5.69 Å². The number of benzene rings is 2. The lowest BCUT2D eigenvalue weighted by atomic mass is 10.0. The summed E-state index contributed by atoms with van der Waals surface area (Å²) in [5, 5.41) is 6.91. The number of aromatic nitrogens is 2. The molecule has 0 saturated heterocycles. The molecule has 2 heterocycles. The summed E-state index contributed by atoms with van der Waals surface area (Å²) in [6.45, 7) is 2.75. The third kappa shape index (κ3) is 2.98. The Morgan fingerprint density at radius 2 is 2.00 bits per heavy atom. The van der Waals surface area contributed by atoms with E-state index in [1.165, 1.54) is 11.1 Å². The lowest BCUT2D eigenvalue weighted by molar-refractivity contribution is 0.644. The summed E-state index contributed by atoms with van der Waals surface area (Å²) in [4.78, 5) is 4.49. The fourth-order valence-electron chi connectivity index (χ4n) is 3.06. The van der Waals surface area contributed by atoms with Crippen LogP contribution in [0.3, 0.4) is 0 Å². The number of imidazole rings is 1. The summed E-state index contributed by atoms with van der Waals surface area (Å²) in [6.07, 6.45) is 4.96. The quantitative estimate of drug-likeness (QED) is 0.778. The van der Waals surface area contributed by atoms with Crippen molar-refractivity contribution in [1.29, 1.82) is 0 Å². The Balaban J connectivity index is 1.51. The first kappa shape index (κ1) is 14.0. The van der Waals surface area contributed by atoms with Crippen molar-refractivity contribution in [3.8, 4) is 5.69 Å². The molecule has 3 aromatic rings. The molecule has 2 N–H and O–H groups in total. The molecular weight excluding hydrogens is 284 g/mol. The average molecular weight is 304 g/mol. The number of hydrogen-bond donors (Lipinski definition) is 2. The number of nitrogens with one attached hydrogen (secondary N) is 2. The van der Waals surface area contributed by atoms with Crippen LogP contribution >= 0.6 is 0 Å². The highest BCUT2D eigenvalue weighted by molar-refractivity contribution is 5.49. The Labute approximate surface area is 136 Å². The highest BCUT2D eigenvalue weighted by Crippen LogP contribution is 2.20. The molecule has 0 amide bonds. The highest BCUT2D eigenvalue weighted by Gasteiger charge is 2.09. The molecule has 4 rings (SSSR count). The lowest BCUT2D eigenvalue weighted by Crippen LogP contribution is -2.23. The van der Waals surface area contributed by atoms with E-state index in [-0.39, 0.29) is 0 Å². The Bertz CT molecular complexity index is 792. The molecule has 0 unspecified atom stereocenters. The molecular formula is C19H20N4. The van der Waals surface area contributed by atoms with Crippen molar-refractivity contribution in [2.75, 3.05) is 11.9 Å². The van der Waals surface area contributed by atoms with Crippen molar-refractivity contribution < 1.29 is 0 Å². The van der Waals surface area contributed by atoms with E-state index in [4.69, 9.17) is 0 Å². The van der Waals surface area contributed by atoms with Gasteiger partial charge in [0.1, 0.15) is 5.82 Å². The predicted octanol–water partition coefficient (Wildman–Crippen LogP) is 3.13. The molecule has 2 aromatic carbocycles. The normalized spacial score (nSPS) is 13.6.